The Balaban J connectivity index is 0. The molecule has 0 aliphatic heterocycles. The van der Waals surface area contributed by atoms with Crippen molar-refractivity contribution in [2.45, 2.75) is 94.9 Å². The molecule has 1 aromatic carbocycles. The second-order valence-corrected chi connectivity index (χ2v) is 13.3. The Morgan fingerprint density at radius 1 is 0.936 bits per heavy atom. The third kappa shape index (κ3) is 15.5. The number of thioether (sulfide) groups is 2. The molecule has 1 heterocycles. The van der Waals surface area contributed by atoms with E-state index >= 15 is 0 Å². The number of carbonyl (C=O) groups excluding carboxylic acids is 3. The number of nitrogens with one attached hydrogen (secondary N) is 3. The first-order valence-corrected chi connectivity index (χ1v) is 17.8. The van der Waals surface area contributed by atoms with Crippen molar-refractivity contribution in [3.63, 3.8) is 0 Å². The SMILES string of the molecule is CCCC(CCC)SC[C@@H](NC(=O)c1cccnc1)C(=O)N[C@@H](Cc1cc(F)cc(F)c1)[C@@H](O)[C@H](O)[C@@H](CCSC)NC(C)=O.O=O.[HH].[HH]. The highest BCUT2D eigenvalue weighted by atomic mass is 32.2. The summed E-state index contributed by atoms with van der Waals surface area (Å²) in [6.07, 6.45) is 5.46. The van der Waals surface area contributed by atoms with E-state index in [9.17, 15) is 33.4 Å². The highest BCUT2D eigenvalue weighted by Gasteiger charge is 2.35. The van der Waals surface area contributed by atoms with Crippen molar-refractivity contribution in [3.05, 3.63) is 75.4 Å². The largest absolute Gasteiger partial charge is 0.388 e. The van der Waals surface area contributed by atoms with Crippen molar-refractivity contribution in [3.8, 4) is 0 Å². The molecule has 2 rings (SSSR count). The average molecular weight is 705 g/mol. The van der Waals surface area contributed by atoms with Crippen LogP contribution in [0.15, 0.2) is 42.7 Å². The number of nitrogens with zero attached hydrogens (tertiary/aromatic N) is 1. The number of aromatic nitrogens is 1. The summed E-state index contributed by atoms with van der Waals surface area (Å²) in [6, 6.07) is 2.92. The first-order valence-electron chi connectivity index (χ1n) is 15.4. The van der Waals surface area contributed by atoms with Crippen LogP contribution in [0.2, 0.25) is 0 Å². The standard InChI is InChI=1S/C32H46F2N4O5S2.O2.2H2/c1-5-8-25(9-6-2)45-19-28(38-31(42)22-10-7-12-35-18-22)32(43)37-27(16-21-14-23(33)17-24(34)15-21)30(41)29(40)26(11-13-44-4)36-20(3)39;1-2;;/h7,10,12,14-15,17-18,25-30,40-41H,5-6,8-9,11,13,16,19H2,1-4H3,(H,36,39)(H,37,43)(H,38,42);;2*1H/t26-,27+,28-,29-,30-;;;/m1.../s1. The van der Waals surface area contributed by atoms with Gasteiger partial charge in [-0.05, 0) is 67.5 Å². The van der Waals surface area contributed by atoms with Crippen LogP contribution in [0.25, 0.3) is 0 Å². The summed E-state index contributed by atoms with van der Waals surface area (Å²) < 4.78 is 28.2. The fourth-order valence-corrected chi connectivity index (χ4v) is 6.94. The molecule has 0 radical (unpaired) electrons. The van der Waals surface area contributed by atoms with Crippen molar-refractivity contribution >= 4 is 41.2 Å². The number of hydrogen-bond donors (Lipinski definition) is 5. The zero-order chi connectivity index (χ0) is 35.4. The highest BCUT2D eigenvalue weighted by molar-refractivity contribution is 8.00. The molecule has 0 saturated heterocycles. The third-order valence-electron chi connectivity index (χ3n) is 7.17. The molecule has 15 heteroatoms. The number of amides is 3. The molecule has 266 valence electrons. The van der Waals surface area contributed by atoms with Gasteiger partial charge < -0.3 is 26.2 Å². The van der Waals surface area contributed by atoms with Crippen LogP contribution in [0.1, 0.15) is 71.7 Å². The van der Waals surface area contributed by atoms with Crippen LogP contribution >= 0.6 is 23.5 Å². The molecule has 0 aliphatic rings. The van der Waals surface area contributed by atoms with Crippen LogP contribution in [0.3, 0.4) is 0 Å². The van der Waals surface area contributed by atoms with Crippen LogP contribution in [-0.2, 0) is 16.0 Å². The topological polar surface area (TPSA) is 175 Å². The first-order chi connectivity index (χ1) is 22.5. The minimum absolute atomic E-state index is 0. The van der Waals surface area contributed by atoms with Gasteiger partial charge in [-0.3, -0.25) is 19.4 Å². The molecule has 5 atom stereocenters. The summed E-state index contributed by atoms with van der Waals surface area (Å²) in [4.78, 5) is 56.8. The Bertz CT molecular complexity index is 1220. The summed E-state index contributed by atoms with van der Waals surface area (Å²) >= 11 is 3.05. The number of halogens is 2. The van der Waals surface area contributed by atoms with E-state index < -0.39 is 59.7 Å². The molecule has 0 fully saturated rings. The Kier molecular flexibility index (Phi) is 20.7. The molecule has 11 nitrogen and oxygen atoms in total. The van der Waals surface area contributed by atoms with Crippen molar-refractivity contribution < 1.29 is 36.2 Å². The molecular formula is C32H50F2N4O7S2. The van der Waals surface area contributed by atoms with Gasteiger partial charge in [0.05, 0.1) is 17.6 Å². The molecule has 0 saturated carbocycles. The Labute approximate surface area is 286 Å². The summed E-state index contributed by atoms with van der Waals surface area (Å²) in [6.45, 7) is 5.45. The second-order valence-electron chi connectivity index (χ2n) is 11.0. The Hall–Kier alpha value is -3.14. The van der Waals surface area contributed by atoms with E-state index in [4.69, 9.17) is 9.93 Å². The maximum atomic E-state index is 14.1. The third-order valence-corrected chi connectivity index (χ3v) is 9.28. The number of pyridine rings is 1. The number of aliphatic hydroxyl groups excluding tert-OH is 2. The first kappa shape index (κ1) is 41.9. The van der Waals surface area contributed by atoms with E-state index in [1.165, 1.54) is 31.1 Å². The van der Waals surface area contributed by atoms with Gasteiger partial charge in [0.25, 0.3) is 5.91 Å². The molecule has 0 aliphatic carbocycles. The second kappa shape index (κ2) is 23.2. The molecule has 0 bridgehead atoms. The van der Waals surface area contributed by atoms with E-state index in [1.54, 1.807) is 23.9 Å². The van der Waals surface area contributed by atoms with Crippen LogP contribution in [0, 0.1) is 21.6 Å². The Morgan fingerprint density at radius 3 is 2.09 bits per heavy atom. The van der Waals surface area contributed by atoms with Gasteiger partial charge >= 0.3 is 0 Å². The lowest BCUT2D eigenvalue weighted by atomic mass is 9.92. The van der Waals surface area contributed by atoms with Gasteiger partial charge in [0.1, 0.15) is 29.9 Å². The van der Waals surface area contributed by atoms with E-state index in [1.807, 2.05) is 6.26 Å². The van der Waals surface area contributed by atoms with E-state index in [2.05, 4.69) is 34.8 Å². The van der Waals surface area contributed by atoms with Crippen molar-refractivity contribution in [2.24, 2.45) is 0 Å². The fraction of sp³-hybridized carbons (Fsp3) is 0.562. The zero-order valence-electron chi connectivity index (χ0n) is 27.1. The predicted octanol–water partition coefficient (Wildman–Crippen LogP) is 4.43. The molecule has 5 N–H and O–H groups in total. The maximum Gasteiger partial charge on any atom is 0.253 e. The highest BCUT2D eigenvalue weighted by Crippen LogP contribution is 2.23. The number of benzene rings is 1. The number of rotatable bonds is 20. The molecular weight excluding hydrogens is 655 g/mol. The smallest absolute Gasteiger partial charge is 0.253 e. The summed E-state index contributed by atoms with van der Waals surface area (Å²) in [5, 5.41) is 31.0. The minimum Gasteiger partial charge on any atom is -0.388 e. The quantitative estimate of drug-likeness (QED) is 0.133. The van der Waals surface area contributed by atoms with Gasteiger partial charge in [-0.2, -0.15) is 23.5 Å². The van der Waals surface area contributed by atoms with Crippen LogP contribution < -0.4 is 16.0 Å². The number of aliphatic hydroxyl groups is 2. The lowest BCUT2D eigenvalue weighted by Gasteiger charge is -2.33. The van der Waals surface area contributed by atoms with E-state index in [0.717, 1.165) is 37.8 Å². The monoisotopic (exact) mass is 704 g/mol. The van der Waals surface area contributed by atoms with Crippen molar-refractivity contribution in [2.75, 3.05) is 17.8 Å². The van der Waals surface area contributed by atoms with Crippen LogP contribution in [0.4, 0.5) is 8.78 Å². The van der Waals surface area contributed by atoms with E-state index in [0.29, 0.717) is 18.2 Å². The van der Waals surface area contributed by atoms with Gasteiger partial charge in [0, 0.05) is 49.2 Å². The average Bonchev–Trinajstić information content (AvgIpc) is 3.04. The number of carbonyl (C=O) groups is 3. The van der Waals surface area contributed by atoms with E-state index in [-0.39, 0.29) is 31.4 Å². The zero-order valence-corrected chi connectivity index (χ0v) is 28.8. The Morgan fingerprint density at radius 2 is 1.55 bits per heavy atom. The lowest BCUT2D eigenvalue weighted by molar-refractivity contribution is -0.126. The van der Waals surface area contributed by atoms with Gasteiger partial charge in [0.2, 0.25) is 11.8 Å². The van der Waals surface area contributed by atoms with Crippen molar-refractivity contribution in [1.29, 1.82) is 0 Å². The molecule has 3 amide bonds. The van der Waals surface area contributed by atoms with Crippen LogP contribution in [-0.4, -0.2) is 86.3 Å². The van der Waals surface area contributed by atoms with Crippen LogP contribution in [0.5, 0.6) is 0 Å². The van der Waals surface area contributed by atoms with Gasteiger partial charge in [-0.1, -0.05) is 26.7 Å². The maximum absolute atomic E-state index is 14.1. The lowest BCUT2D eigenvalue weighted by Crippen LogP contribution is -2.59. The van der Waals surface area contributed by atoms with Gasteiger partial charge in [-0.25, -0.2) is 8.78 Å². The molecule has 2 aromatic rings. The predicted molar refractivity (Wildman–Crippen MR) is 187 cm³/mol. The van der Waals surface area contributed by atoms with Crippen molar-refractivity contribution in [1.82, 2.24) is 20.9 Å². The van der Waals surface area contributed by atoms with Gasteiger partial charge in [0.15, 0.2) is 0 Å². The molecule has 1 aromatic heterocycles. The normalized spacial score (nSPS) is 14.1. The summed E-state index contributed by atoms with van der Waals surface area (Å²) in [5.74, 6) is -2.45. The molecule has 47 heavy (non-hydrogen) atoms. The summed E-state index contributed by atoms with van der Waals surface area (Å²) in [5.41, 5.74) is 0.397. The molecule has 0 unspecified atom stereocenters. The fourth-order valence-electron chi connectivity index (χ4n) is 4.94. The molecule has 0 spiro atoms. The number of hydrogen-bond acceptors (Lipinski definition) is 10. The van der Waals surface area contributed by atoms with Gasteiger partial charge in [-0.15, -0.1) is 0 Å². The minimum atomic E-state index is -1.64. The summed E-state index contributed by atoms with van der Waals surface area (Å²) in [7, 11) is 0.